The normalized spacial score (nSPS) is 16.9. The van der Waals surface area contributed by atoms with Crippen molar-refractivity contribution in [3.63, 3.8) is 0 Å². The van der Waals surface area contributed by atoms with Crippen LogP contribution in [0.4, 0.5) is 5.82 Å². The van der Waals surface area contributed by atoms with E-state index in [0.29, 0.717) is 5.70 Å². The number of anilines is 1. The molecule has 0 aliphatic carbocycles. The first-order chi connectivity index (χ1) is 10.3. The first-order valence-electron chi connectivity index (χ1n) is 6.83. The van der Waals surface area contributed by atoms with Gasteiger partial charge in [-0.2, -0.15) is 5.10 Å². The van der Waals surface area contributed by atoms with Crippen molar-refractivity contribution in [3.8, 4) is 5.75 Å². The van der Waals surface area contributed by atoms with Crippen LogP contribution in [0.1, 0.15) is 30.4 Å². The minimum Gasteiger partial charge on any atom is -0.496 e. The summed E-state index contributed by atoms with van der Waals surface area (Å²) in [6.07, 6.45) is 2.54. The molecule has 1 atom stereocenters. The molecule has 1 aromatic heterocycles. The van der Waals surface area contributed by atoms with Crippen LogP contribution in [0.3, 0.4) is 0 Å². The molecule has 1 unspecified atom stereocenters. The van der Waals surface area contributed by atoms with Crippen molar-refractivity contribution in [1.82, 2.24) is 10.2 Å². The summed E-state index contributed by atoms with van der Waals surface area (Å²) in [6, 6.07) is 7.82. The average Bonchev–Trinajstić information content (AvgIpc) is 3.00. The van der Waals surface area contributed by atoms with Crippen molar-refractivity contribution in [2.45, 2.75) is 19.3 Å². The summed E-state index contributed by atoms with van der Waals surface area (Å²) in [5.74, 6) is 1.49. The quantitative estimate of drug-likeness (QED) is 0.846. The number of aromatic nitrogens is 2. The number of H-pyrrole nitrogens is 1. The van der Waals surface area contributed by atoms with Gasteiger partial charge in [0.25, 0.3) is 0 Å². The lowest BCUT2D eigenvalue weighted by atomic mass is 9.86. The molecule has 5 heteroatoms. The van der Waals surface area contributed by atoms with E-state index in [9.17, 15) is 0 Å². The Morgan fingerprint density at radius 3 is 2.86 bits per heavy atom. The van der Waals surface area contributed by atoms with Crippen LogP contribution in [-0.4, -0.2) is 17.3 Å². The van der Waals surface area contributed by atoms with E-state index in [1.807, 2.05) is 31.2 Å². The SMILES string of the molecule is [C-]#[N+]C1=C(CC)Nc2[nH]ncc2C1c1ccccc1OC. The maximum atomic E-state index is 7.59. The number of fused-ring (bicyclic) bond motifs is 1. The van der Waals surface area contributed by atoms with Crippen LogP contribution in [-0.2, 0) is 0 Å². The number of hydrogen-bond donors (Lipinski definition) is 2. The van der Waals surface area contributed by atoms with Gasteiger partial charge in [0.15, 0.2) is 5.70 Å². The fourth-order valence-corrected chi connectivity index (χ4v) is 2.77. The highest BCUT2D eigenvalue weighted by molar-refractivity contribution is 5.64. The molecule has 0 spiro atoms. The lowest BCUT2D eigenvalue weighted by Gasteiger charge is -2.26. The second-order valence-electron chi connectivity index (χ2n) is 4.83. The van der Waals surface area contributed by atoms with Gasteiger partial charge in [-0.15, -0.1) is 0 Å². The number of nitrogens with one attached hydrogen (secondary N) is 2. The highest BCUT2D eigenvalue weighted by atomic mass is 16.5. The van der Waals surface area contributed by atoms with E-state index in [4.69, 9.17) is 11.3 Å². The molecule has 0 saturated heterocycles. The van der Waals surface area contributed by atoms with E-state index in [-0.39, 0.29) is 5.92 Å². The van der Waals surface area contributed by atoms with E-state index in [1.54, 1.807) is 13.3 Å². The highest BCUT2D eigenvalue weighted by Crippen LogP contribution is 2.44. The summed E-state index contributed by atoms with van der Waals surface area (Å²) < 4.78 is 5.48. The Hall–Kier alpha value is -2.74. The molecule has 0 bridgehead atoms. The van der Waals surface area contributed by atoms with Crippen molar-refractivity contribution < 1.29 is 4.74 Å². The van der Waals surface area contributed by atoms with E-state index < -0.39 is 0 Å². The summed E-state index contributed by atoms with van der Waals surface area (Å²) in [5, 5.41) is 10.4. The largest absolute Gasteiger partial charge is 0.496 e. The molecule has 1 aliphatic rings. The zero-order valence-corrected chi connectivity index (χ0v) is 12.0. The first-order valence-corrected chi connectivity index (χ1v) is 6.83. The van der Waals surface area contributed by atoms with Gasteiger partial charge < -0.3 is 10.1 Å². The second kappa shape index (κ2) is 5.33. The number of nitrogens with zero attached hydrogens (tertiary/aromatic N) is 2. The van der Waals surface area contributed by atoms with Gasteiger partial charge in [-0.3, -0.25) is 5.10 Å². The molecule has 106 valence electrons. The molecule has 0 radical (unpaired) electrons. The predicted octanol–water partition coefficient (Wildman–Crippen LogP) is 3.52. The Morgan fingerprint density at radius 1 is 1.33 bits per heavy atom. The van der Waals surface area contributed by atoms with Gasteiger partial charge in [0.05, 0.1) is 25.8 Å². The molecule has 2 heterocycles. The summed E-state index contributed by atoms with van der Waals surface area (Å²) in [5.41, 5.74) is 3.59. The summed E-state index contributed by atoms with van der Waals surface area (Å²) in [6.45, 7) is 9.62. The molecule has 0 saturated carbocycles. The third-order valence-electron chi connectivity index (χ3n) is 3.76. The maximum Gasteiger partial charge on any atom is 0.196 e. The predicted molar refractivity (Wildman–Crippen MR) is 81.0 cm³/mol. The van der Waals surface area contributed by atoms with Gasteiger partial charge in [-0.05, 0) is 18.1 Å². The number of aromatic amines is 1. The van der Waals surface area contributed by atoms with E-state index in [2.05, 4.69) is 20.4 Å². The van der Waals surface area contributed by atoms with Crippen LogP contribution in [0.5, 0.6) is 5.75 Å². The Kier molecular flexibility index (Phi) is 3.36. The molecular weight excluding hydrogens is 264 g/mol. The first kappa shape index (κ1) is 13.3. The lowest BCUT2D eigenvalue weighted by molar-refractivity contribution is 0.409. The number of ether oxygens (including phenoxy) is 1. The standard InChI is InChI=1S/C16H16N4O/c1-4-12-15(17-2)14(11-9-18-20-16(11)19-12)10-7-5-6-8-13(10)21-3/h5-9,14H,4H2,1,3H3,(H2,18,19,20). The number of para-hydroxylation sites is 1. The van der Waals surface area contributed by atoms with Crippen LogP contribution in [0.25, 0.3) is 4.85 Å². The third-order valence-corrected chi connectivity index (χ3v) is 3.76. The second-order valence-corrected chi connectivity index (χ2v) is 4.83. The molecule has 2 N–H and O–H groups in total. The Balaban J connectivity index is 2.24. The highest BCUT2D eigenvalue weighted by Gasteiger charge is 2.32. The number of hydrogen-bond acceptors (Lipinski definition) is 3. The minimum atomic E-state index is -0.149. The minimum absolute atomic E-state index is 0.149. The smallest absolute Gasteiger partial charge is 0.196 e. The van der Waals surface area contributed by atoms with E-state index in [1.165, 1.54) is 0 Å². The molecule has 0 amide bonds. The van der Waals surface area contributed by atoms with Crippen molar-refractivity contribution in [2.24, 2.45) is 0 Å². The Labute approximate surface area is 123 Å². The molecule has 5 nitrogen and oxygen atoms in total. The summed E-state index contributed by atoms with van der Waals surface area (Å²) in [4.78, 5) is 3.78. The monoisotopic (exact) mass is 280 g/mol. The van der Waals surface area contributed by atoms with Crippen molar-refractivity contribution >= 4 is 5.82 Å². The maximum absolute atomic E-state index is 7.59. The van der Waals surface area contributed by atoms with Crippen LogP contribution in [0.15, 0.2) is 41.9 Å². The Morgan fingerprint density at radius 2 is 2.14 bits per heavy atom. The van der Waals surface area contributed by atoms with Gasteiger partial charge in [0.1, 0.15) is 11.6 Å². The Bertz CT molecular complexity index is 739. The number of allylic oxidation sites excluding steroid dienone is 2. The molecule has 1 aromatic carbocycles. The van der Waals surface area contributed by atoms with E-state index in [0.717, 1.165) is 34.8 Å². The number of methoxy groups -OCH3 is 1. The number of rotatable bonds is 3. The van der Waals surface area contributed by atoms with Crippen molar-refractivity contribution in [3.05, 3.63) is 64.4 Å². The van der Waals surface area contributed by atoms with Crippen LogP contribution < -0.4 is 10.1 Å². The van der Waals surface area contributed by atoms with Gasteiger partial charge in [0.2, 0.25) is 0 Å². The zero-order chi connectivity index (χ0) is 14.8. The topological polar surface area (TPSA) is 54.3 Å². The molecular formula is C16H16N4O. The fraction of sp³-hybridized carbons (Fsp3) is 0.250. The van der Waals surface area contributed by atoms with Gasteiger partial charge in [-0.1, -0.05) is 25.1 Å². The van der Waals surface area contributed by atoms with Gasteiger partial charge in [0, 0.05) is 11.3 Å². The van der Waals surface area contributed by atoms with Crippen LogP contribution in [0.2, 0.25) is 0 Å². The van der Waals surface area contributed by atoms with Gasteiger partial charge in [-0.25, -0.2) is 4.85 Å². The molecule has 1 aliphatic heterocycles. The van der Waals surface area contributed by atoms with Gasteiger partial charge >= 0.3 is 0 Å². The zero-order valence-electron chi connectivity index (χ0n) is 12.0. The van der Waals surface area contributed by atoms with E-state index >= 15 is 0 Å². The molecule has 2 aromatic rings. The van der Waals surface area contributed by atoms with Crippen LogP contribution >= 0.6 is 0 Å². The van der Waals surface area contributed by atoms with Crippen molar-refractivity contribution in [1.29, 1.82) is 0 Å². The van der Waals surface area contributed by atoms with Crippen molar-refractivity contribution in [2.75, 3.05) is 12.4 Å². The lowest BCUT2D eigenvalue weighted by Crippen LogP contribution is -2.17. The molecule has 21 heavy (non-hydrogen) atoms. The average molecular weight is 280 g/mol. The van der Waals surface area contributed by atoms with Crippen LogP contribution in [0, 0.1) is 6.57 Å². The summed E-state index contributed by atoms with van der Waals surface area (Å²) in [7, 11) is 1.65. The summed E-state index contributed by atoms with van der Waals surface area (Å²) >= 11 is 0. The molecule has 0 fully saturated rings. The third kappa shape index (κ3) is 2.05. The fourth-order valence-electron chi connectivity index (χ4n) is 2.77. The molecule has 3 rings (SSSR count). The number of benzene rings is 1.